The molecule has 1 rings (SSSR count). The average Bonchev–Trinajstić information content (AvgIpc) is 2.26. The summed E-state index contributed by atoms with van der Waals surface area (Å²) in [7, 11) is 0. The van der Waals surface area contributed by atoms with Crippen molar-refractivity contribution in [3.63, 3.8) is 0 Å². The second-order valence-corrected chi connectivity index (χ2v) is 9.16. The van der Waals surface area contributed by atoms with E-state index in [1.807, 2.05) is 0 Å². The van der Waals surface area contributed by atoms with Gasteiger partial charge < -0.3 is 10.6 Å². The zero-order valence-electron chi connectivity index (χ0n) is 15.2. The van der Waals surface area contributed by atoms with Crippen LogP contribution in [0.1, 0.15) is 80.1 Å². The maximum atomic E-state index is 12.0. The van der Waals surface area contributed by atoms with Gasteiger partial charge in [0, 0.05) is 24.9 Å². The van der Waals surface area contributed by atoms with Crippen LogP contribution in [-0.4, -0.2) is 23.9 Å². The maximum absolute atomic E-state index is 12.0. The molecule has 4 heteroatoms. The molecule has 0 bridgehead atoms. The molecule has 0 aromatic heterocycles. The minimum absolute atomic E-state index is 0.0300. The molecule has 1 saturated carbocycles. The molecule has 2 N–H and O–H groups in total. The van der Waals surface area contributed by atoms with Crippen LogP contribution in [0.15, 0.2) is 0 Å². The fourth-order valence-corrected chi connectivity index (χ4v) is 2.90. The Labute approximate surface area is 135 Å². The lowest BCUT2D eigenvalue weighted by molar-refractivity contribution is -0.125. The molecule has 0 unspecified atom stereocenters. The summed E-state index contributed by atoms with van der Waals surface area (Å²) in [6, 6.07) is 0.538. The van der Waals surface area contributed by atoms with Gasteiger partial charge in [-0.25, -0.2) is 0 Å². The zero-order chi connectivity index (χ0) is 17.0. The van der Waals surface area contributed by atoms with Crippen molar-refractivity contribution in [2.24, 2.45) is 10.8 Å². The summed E-state index contributed by atoms with van der Waals surface area (Å²) < 4.78 is 0. The Balaban J connectivity index is 2.29. The second kappa shape index (κ2) is 7.47. The molecule has 0 heterocycles. The van der Waals surface area contributed by atoms with E-state index in [1.54, 1.807) is 0 Å². The first-order valence-corrected chi connectivity index (χ1v) is 8.53. The lowest BCUT2D eigenvalue weighted by atomic mass is 9.88. The van der Waals surface area contributed by atoms with Gasteiger partial charge >= 0.3 is 0 Å². The molecule has 1 fully saturated rings. The molecule has 1 aliphatic carbocycles. The Kier molecular flexibility index (Phi) is 6.45. The predicted octanol–water partition coefficient (Wildman–Crippen LogP) is 3.40. The number of amides is 2. The molecule has 0 radical (unpaired) electrons. The Morgan fingerprint density at radius 3 is 1.23 bits per heavy atom. The Bertz CT molecular complexity index is 345. The number of rotatable bonds is 4. The lowest BCUT2D eigenvalue weighted by Gasteiger charge is -2.31. The Morgan fingerprint density at radius 1 is 0.727 bits per heavy atom. The van der Waals surface area contributed by atoms with Gasteiger partial charge in [-0.2, -0.15) is 0 Å². The monoisotopic (exact) mass is 310 g/mol. The molecule has 0 aliphatic heterocycles. The standard InChI is InChI=1S/C18H34N2O2/c1-17(2,3)11-15(21)19-13-7-9-14(10-8-13)20-16(22)12-18(4,5)6/h13-14H,7-12H2,1-6H3,(H,19,21)(H,20,22). The summed E-state index contributed by atoms with van der Waals surface area (Å²) >= 11 is 0. The molecule has 22 heavy (non-hydrogen) atoms. The van der Waals surface area contributed by atoms with E-state index >= 15 is 0 Å². The van der Waals surface area contributed by atoms with Crippen LogP contribution in [0.5, 0.6) is 0 Å². The van der Waals surface area contributed by atoms with Crippen molar-refractivity contribution in [3.05, 3.63) is 0 Å². The highest BCUT2D eigenvalue weighted by atomic mass is 16.2. The smallest absolute Gasteiger partial charge is 0.220 e. The minimum atomic E-state index is 0.0300. The topological polar surface area (TPSA) is 58.2 Å². The largest absolute Gasteiger partial charge is 0.353 e. The molecule has 0 saturated heterocycles. The molecule has 2 amide bonds. The highest BCUT2D eigenvalue weighted by Gasteiger charge is 2.26. The van der Waals surface area contributed by atoms with Crippen molar-refractivity contribution < 1.29 is 9.59 Å². The van der Waals surface area contributed by atoms with E-state index in [9.17, 15) is 9.59 Å². The van der Waals surface area contributed by atoms with Gasteiger partial charge in [0.05, 0.1) is 0 Å². The van der Waals surface area contributed by atoms with Crippen LogP contribution in [0.3, 0.4) is 0 Å². The van der Waals surface area contributed by atoms with E-state index in [2.05, 4.69) is 52.2 Å². The SMILES string of the molecule is CC(C)(C)CC(=O)NC1CCC(NC(=O)CC(C)(C)C)CC1. The van der Waals surface area contributed by atoms with Crippen LogP contribution < -0.4 is 10.6 Å². The number of carbonyl (C=O) groups is 2. The summed E-state index contributed by atoms with van der Waals surface area (Å²) in [5.74, 6) is 0.292. The van der Waals surface area contributed by atoms with Crippen LogP contribution in [0.4, 0.5) is 0 Å². The first-order chi connectivity index (χ1) is 9.94. The van der Waals surface area contributed by atoms with Gasteiger partial charge in [-0.3, -0.25) is 9.59 Å². The van der Waals surface area contributed by atoms with Crippen molar-refractivity contribution in [3.8, 4) is 0 Å². The van der Waals surface area contributed by atoms with Gasteiger partial charge in [-0.1, -0.05) is 41.5 Å². The lowest BCUT2D eigenvalue weighted by Crippen LogP contribution is -2.44. The van der Waals surface area contributed by atoms with Crippen LogP contribution >= 0.6 is 0 Å². The third-order valence-corrected chi connectivity index (χ3v) is 3.84. The van der Waals surface area contributed by atoms with E-state index in [0.29, 0.717) is 12.8 Å². The van der Waals surface area contributed by atoms with Crippen LogP contribution in [0, 0.1) is 10.8 Å². The van der Waals surface area contributed by atoms with Crippen molar-refractivity contribution in [2.75, 3.05) is 0 Å². The zero-order valence-corrected chi connectivity index (χ0v) is 15.2. The average molecular weight is 310 g/mol. The molecule has 1 aliphatic rings. The fraction of sp³-hybridized carbons (Fsp3) is 0.889. The number of nitrogens with one attached hydrogen (secondary N) is 2. The molecule has 0 atom stereocenters. The van der Waals surface area contributed by atoms with E-state index in [4.69, 9.17) is 0 Å². The normalized spacial score (nSPS) is 23.0. The molecular weight excluding hydrogens is 276 g/mol. The Morgan fingerprint density at radius 2 is 1.00 bits per heavy atom. The quantitative estimate of drug-likeness (QED) is 0.836. The van der Waals surface area contributed by atoms with Crippen molar-refractivity contribution >= 4 is 11.8 Å². The van der Waals surface area contributed by atoms with Crippen LogP contribution in [0.2, 0.25) is 0 Å². The van der Waals surface area contributed by atoms with Gasteiger partial charge in [0.25, 0.3) is 0 Å². The maximum Gasteiger partial charge on any atom is 0.220 e. The van der Waals surface area contributed by atoms with Gasteiger partial charge in [0.2, 0.25) is 11.8 Å². The predicted molar refractivity (Wildman–Crippen MR) is 90.5 cm³/mol. The highest BCUT2D eigenvalue weighted by molar-refractivity contribution is 5.77. The van der Waals surface area contributed by atoms with E-state index in [0.717, 1.165) is 25.7 Å². The summed E-state index contributed by atoms with van der Waals surface area (Å²) in [4.78, 5) is 23.9. The van der Waals surface area contributed by atoms with Gasteiger partial charge in [-0.05, 0) is 36.5 Å². The summed E-state index contributed by atoms with van der Waals surface area (Å²) in [6.07, 6.45) is 4.95. The number of hydrogen-bond donors (Lipinski definition) is 2. The summed E-state index contributed by atoms with van der Waals surface area (Å²) in [6.45, 7) is 12.5. The van der Waals surface area contributed by atoms with E-state index in [1.165, 1.54) is 0 Å². The molecule has 0 spiro atoms. The van der Waals surface area contributed by atoms with E-state index < -0.39 is 0 Å². The first kappa shape index (κ1) is 19.0. The highest BCUT2D eigenvalue weighted by Crippen LogP contribution is 2.23. The van der Waals surface area contributed by atoms with E-state index in [-0.39, 0.29) is 34.7 Å². The molecule has 4 nitrogen and oxygen atoms in total. The van der Waals surface area contributed by atoms with Crippen molar-refractivity contribution in [1.82, 2.24) is 10.6 Å². The van der Waals surface area contributed by atoms with Crippen molar-refractivity contribution in [1.29, 1.82) is 0 Å². The van der Waals surface area contributed by atoms with Gasteiger partial charge in [0.15, 0.2) is 0 Å². The number of hydrogen-bond acceptors (Lipinski definition) is 2. The molecule has 0 aromatic carbocycles. The van der Waals surface area contributed by atoms with Crippen LogP contribution in [0.25, 0.3) is 0 Å². The fourth-order valence-electron chi connectivity index (χ4n) is 2.90. The third-order valence-electron chi connectivity index (χ3n) is 3.84. The molecular formula is C18H34N2O2. The number of carbonyl (C=O) groups excluding carboxylic acids is 2. The minimum Gasteiger partial charge on any atom is -0.353 e. The second-order valence-electron chi connectivity index (χ2n) is 9.16. The third kappa shape index (κ3) is 8.40. The van der Waals surface area contributed by atoms with Crippen LogP contribution in [-0.2, 0) is 9.59 Å². The van der Waals surface area contributed by atoms with Gasteiger partial charge in [-0.15, -0.1) is 0 Å². The van der Waals surface area contributed by atoms with Crippen molar-refractivity contribution in [2.45, 2.75) is 92.2 Å². The van der Waals surface area contributed by atoms with Gasteiger partial charge in [0.1, 0.15) is 0 Å². The summed E-state index contributed by atoms with van der Waals surface area (Å²) in [5, 5.41) is 6.27. The first-order valence-electron chi connectivity index (χ1n) is 8.53. The molecule has 0 aromatic rings. The summed E-state index contributed by atoms with van der Waals surface area (Å²) in [5.41, 5.74) is 0.0600. The molecule has 128 valence electrons. The Hall–Kier alpha value is -1.06.